The molecule has 1 atom stereocenters. The minimum absolute atomic E-state index is 0.179. The first-order valence-electron chi connectivity index (χ1n) is 9.30. The number of carbonyl (C=O) groups is 1. The molecule has 0 aliphatic heterocycles. The molecule has 2 rings (SSSR count). The largest absolute Gasteiger partial charge is 0.465 e. The molecule has 0 heterocycles. The van der Waals surface area contributed by atoms with Crippen molar-refractivity contribution < 1.29 is 14.6 Å². The van der Waals surface area contributed by atoms with Crippen LogP contribution in [0.15, 0.2) is 42.5 Å². The van der Waals surface area contributed by atoms with Gasteiger partial charge in [0.1, 0.15) is 0 Å². The molecule has 0 aliphatic rings. The van der Waals surface area contributed by atoms with Crippen LogP contribution in [0.5, 0.6) is 0 Å². The van der Waals surface area contributed by atoms with Crippen molar-refractivity contribution in [3.63, 3.8) is 0 Å². The molecule has 0 aromatic heterocycles. The second kappa shape index (κ2) is 11.9. The van der Waals surface area contributed by atoms with E-state index in [0.717, 1.165) is 24.8 Å². The Bertz CT molecular complexity index is 734. The number of unbranched alkanes of at least 4 members (excludes halogenated alkanes) is 1. The molecule has 0 aliphatic carbocycles. The van der Waals surface area contributed by atoms with Crippen molar-refractivity contribution in [1.29, 1.82) is 0 Å². The van der Waals surface area contributed by atoms with E-state index in [2.05, 4.69) is 5.32 Å². The van der Waals surface area contributed by atoms with Crippen molar-refractivity contribution in [1.82, 2.24) is 5.32 Å². The van der Waals surface area contributed by atoms with Crippen LogP contribution in [-0.4, -0.2) is 30.8 Å². The average Bonchev–Trinajstić information content (AvgIpc) is 2.69. The van der Waals surface area contributed by atoms with E-state index in [-0.39, 0.29) is 5.97 Å². The quantitative estimate of drug-likeness (QED) is 0.286. The third-order valence-electron chi connectivity index (χ3n) is 4.30. The summed E-state index contributed by atoms with van der Waals surface area (Å²) >= 11 is 12.0. The number of nitrogens with one attached hydrogen (secondary N) is 1. The van der Waals surface area contributed by atoms with E-state index in [0.29, 0.717) is 47.4 Å². The number of ether oxygens (including phenoxy) is 1. The van der Waals surface area contributed by atoms with Gasteiger partial charge in [0.2, 0.25) is 0 Å². The van der Waals surface area contributed by atoms with E-state index in [1.54, 1.807) is 12.1 Å². The van der Waals surface area contributed by atoms with E-state index in [1.807, 2.05) is 30.3 Å². The molecule has 2 aromatic rings. The Labute approximate surface area is 175 Å². The number of aliphatic hydroxyl groups excluding tert-OH is 1. The maximum Gasteiger partial charge on any atom is 0.305 e. The van der Waals surface area contributed by atoms with Crippen molar-refractivity contribution in [3.05, 3.63) is 63.6 Å². The number of halogens is 2. The molecule has 0 fully saturated rings. The van der Waals surface area contributed by atoms with E-state index in [1.165, 1.54) is 0 Å². The van der Waals surface area contributed by atoms with Gasteiger partial charge in [-0.1, -0.05) is 53.5 Å². The van der Waals surface area contributed by atoms with Crippen molar-refractivity contribution in [2.75, 3.05) is 25.4 Å². The van der Waals surface area contributed by atoms with E-state index >= 15 is 0 Å². The SMILES string of the molecule is Nc1c(Cl)cc(C(O)CNCCCCC(=O)OCCc2ccccc2)cc1Cl. The van der Waals surface area contributed by atoms with Crippen LogP contribution in [-0.2, 0) is 16.0 Å². The van der Waals surface area contributed by atoms with Gasteiger partial charge in [0.15, 0.2) is 0 Å². The predicted octanol–water partition coefficient (Wildman–Crippen LogP) is 4.15. The van der Waals surface area contributed by atoms with Crippen LogP contribution in [0.1, 0.15) is 36.5 Å². The summed E-state index contributed by atoms with van der Waals surface area (Å²) in [5.74, 6) is -0.179. The number of aliphatic hydroxyl groups is 1. The van der Waals surface area contributed by atoms with Crippen LogP contribution in [0, 0.1) is 0 Å². The van der Waals surface area contributed by atoms with Gasteiger partial charge in [-0.3, -0.25) is 4.79 Å². The summed E-state index contributed by atoms with van der Waals surface area (Å²) in [6.07, 6.45) is 1.92. The van der Waals surface area contributed by atoms with Crippen LogP contribution in [0.2, 0.25) is 10.0 Å². The first kappa shape index (κ1) is 22.5. The minimum atomic E-state index is -0.737. The van der Waals surface area contributed by atoms with Crippen molar-refractivity contribution in [2.24, 2.45) is 0 Å². The fourth-order valence-electron chi connectivity index (χ4n) is 2.67. The van der Waals surface area contributed by atoms with Crippen molar-refractivity contribution in [3.8, 4) is 0 Å². The van der Waals surface area contributed by atoms with E-state index in [9.17, 15) is 9.90 Å². The highest BCUT2D eigenvalue weighted by atomic mass is 35.5. The summed E-state index contributed by atoms with van der Waals surface area (Å²) in [7, 11) is 0. The second-order valence-corrected chi connectivity index (χ2v) is 7.35. The van der Waals surface area contributed by atoms with Crippen LogP contribution in [0.25, 0.3) is 0 Å². The van der Waals surface area contributed by atoms with Gasteiger partial charge in [0.25, 0.3) is 0 Å². The number of hydrogen-bond donors (Lipinski definition) is 3. The van der Waals surface area contributed by atoms with Crippen LogP contribution < -0.4 is 11.1 Å². The summed E-state index contributed by atoms with van der Waals surface area (Å²) in [6.45, 7) is 1.45. The fourth-order valence-corrected chi connectivity index (χ4v) is 3.18. The number of anilines is 1. The second-order valence-electron chi connectivity index (χ2n) is 6.53. The fraction of sp³-hybridized carbons (Fsp3) is 0.381. The molecule has 4 N–H and O–H groups in total. The lowest BCUT2D eigenvalue weighted by atomic mass is 10.1. The van der Waals surface area contributed by atoms with Gasteiger partial charge in [-0.2, -0.15) is 0 Å². The van der Waals surface area contributed by atoms with Crippen LogP contribution in [0.4, 0.5) is 5.69 Å². The highest BCUT2D eigenvalue weighted by Crippen LogP contribution is 2.31. The van der Waals surface area contributed by atoms with Gasteiger partial charge in [0, 0.05) is 19.4 Å². The molecule has 0 amide bonds. The Morgan fingerprint density at radius 2 is 1.82 bits per heavy atom. The Morgan fingerprint density at radius 3 is 2.50 bits per heavy atom. The van der Waals surface area contributed by atoms with Crippen LogP contribution >= 0.6 is 23.2 Å². The van der Waals surface area contributed by atoms with Gasteiger partial charge in [-0.25, -0.2) is 0 Å². The topological polar surface area (TPSA) is 84.6 Å². The minimum Gasteiger partial charge on any atom is -0.465 e. The smallest absolute Gasteiger partial charge is 0.305 e. The molecule has 0 spiro atoms. The lowest BCUT2D eigenvalue weighted by Gasteiger charge is -2.14. The molecule has 0 radical (unpaired) electrons. The predicted molar refractivity (Wildman–Crippen MR) is 114 cm³/mol. The van der Waals surface area contributed by atoms with E-state index < -0.39 is 6.10 Å². The standard InChI is InChI=1S/C21H26Cl2N2O3/c22-17-12-16(13-18(23)21(17)24)19(26)14-25-10-5-4-8-20(27)28-11-9-15-6-2-1-3-7-15/h1-3,6-7,12-13,19,25-26H,4-5,8-11,14,24H2. The Kier molecular flexibility index (Phi) is 9.58. The highest BCUT2D eigenvalue weighted by molar-refractivity contribution is 6.38. The monoisotopic (exact) mass is 424 g/mol. The van der Waals surface area contributed by atoms with Gasteiger partial charge >= 0.3 is 5.97 Å². The zero-order valence-electron chi connectivity index (χ0n) is 15.7. The summed E-state index contributed by atoms with van der Waals surface area (Å²) in [4.78, 5) is 11.7. The third kappa shape index (κ3) is 7.68. The first-order valence-corrected chi connectivity index (χ1v) is 10.1. The maximum atomic E-state index is 11.7. The van der Waals surface area contributed by atoms with Gasteiger partial charge in [-0.05, 0) is 42.6 Å². The molecule has 28 heavy (non-hydrogen) atoms. The Morgan fingerprint density at radius 1 is 1.14 bits per heavy atom. The zero-order valence-corrected chi connectivity index (χ0v) is 17.2. The molecular formula is C21H26Cl2N2O3. The number of nitrogen functional groups attached to an aromatic ring is 1. The number of rotatable bonds is 11. The van der Waals surface area contributed by atoms with E-state index in [4.69, 9.17) is 33.7 Å². The lowest BCUT2D eigenvalue weighted by molar-refractivity contribution is -0.143. The molecule has 7 heteroatoms. The number of nitrogens with two attached hydrogens (primary N) is 1. The number of hydrogen-bond acceptors (Lipinski definition) is 5. The van der Waals surface area contributed by atoms with Gasteiger partial charge in [0.05, 0.1) is 28.4 Å². The summed E-state index contributed by atoms with van der Waals surface area (Å²) in [5.41, 5.74) is 7.76. The molecule has 0 bridgehead atoms. The van der Waals surface area contributed by atoms with Crippen molar-refractivity contribution in [2.45, 2.75) is 31.8 Å². The molecule has 0 saturated heterocycles. The Balaban J connectivity index is 1.54. The van der Waals surface area contributed by atoms with Crippen LogP contribution in [0.3, 0.4) is 0 Å². The average molecular weight is 425 g/mol. The molecule has 5 nitrogen and oxygen atoms in total. The van der Waals surface area contributed by atoms with Gasteiger partial charge < -0.3 is 20.9 Å². The van der Waals surface area contributed by atoms with Gasteiger partial charge in [-0.15, -0.1) is 0 Å². The number of carbonyl (C=O) groups excluding carboxylic acids is 1. The summed E-state index contributed by atoms with van der Waals surface area (Å²) < 4.78 is 5.25. The molecule has 0 saturated carbocycles. The number of esters is 1. The summed E-state index contributed by atoms with van der Waals surface area (Å²) in [6, 6.07) is 13.2. The first-order chi connectivity index (χ1) is 13.5. The molecular weight excluding hydrogens is 399 g/mol. The molecule has 2 aromatic carbocycles. The Hall–Kier alpha value is -1.79. The molecule has 1 unspecified atom stereocenters. The summed E-state index contributed by atoms with van der Waals surface area (Å²) in [5, 5.41) is 14.0. The number of benzene rings is 2. The maximum absolute atomic E-state index is 11.7. The highest BCUT2D eigenvalue weighted by Gasteiger charge is 2.12. The normalized spacial score (nSPS) is 12.0. The lowest BCUT2D eigenvalue weighted by Crippen LogP contribution is -2.22. The third-order valence-corrected chi connectivity index (χ3v) is 4.93. The molecule has 152 valence electrons. The zero-order chi connectivity index (χ0) is 20.4. The van der Waals surface area contributed by atoms with Crippen molar-refractivity contribution >= 4 is 34.9 Å².